The molecule has 1 atom stereocenters. The number of nitrogens with zero attached hydrogens (tertiary/aromatic N) is 3. The Morgan fingerprint density at radius 3 is 2.47 bits per heavy atom. The van der Waals surface area contributed by atoms with Gasteiger partial charge >= 0.3 is 0 Å². The summed E-state index contributed by atoms with van der Waals surface area (Å²) >= 11 is 0. The highest BCUT2D eigenvalue weighted by molar-refractivity contribution is 5.69. The van der Waals surface area contributed by atoms with E-state index >= 15 is 0 Å². The number of aliphatic hydroxyl groups excluding tert-OH is 1. The van der Waals surface area contributed by atoms with Crippen LogP contribution in [0.5, 0.6) is 11.5 Å². The molecule has 2 aromatic heterocycles. The molecule has 8 nitrogen and oxygen atoms in total. The first-order valence-electron chi connectivity index (χ1n) is 9.71. The number of hydrogen-bond acceptors (Lipinski definition) is 8. The van der Waals surface area contributed by atoms with Crippen LogP contribution in [-0.2, 0) is 0 Å². The van der Waals surface area contributed by atoms with Gasteiger partial charge in [0.05, 0.1) is 43.9 Å². The van der Waals surface area contributed by atoms with Crippen molar-refractivity contribution in [1.29, 1.82) is 0 Å². The number of pyridine rings is 1. The molecular weight excluding hydrogens is 382 g/mol. The normalized spacial score (nSPS) is 11.8. The number of ether oxygens (including phenoxy) is 2. The van der Waals surface area contributed by atoms with Crippen LogP contribution in [0.25, 0.3) is 11.4 Å². The smallest absolute Gasteiger partial charge is 0.225 e. The maximum absolute atomic E-state index is 9.69. The number of aromatic nitrogens is 3. The fourth-order valence-electron chi connectivity index (χ4n) is 2.85. The first-order chi connectivity index (χ1) is 14.5. The Labute approximate surface area is 176 Å². The molecule has 0 aliphatic rings. The predicted octanol–water partition coefficient (Wildman–Crippen LogP) is 3.73. The van der Waals surface area contributed by atoms with Gasteiger partial charge in [0, 0.05) is 18.3 Å². The summed E-state index contributed by atoms with van der Waals surface area (Å²) < 4.78 is 10.7. The lowest BCUT2D eigenvalue weighted by molar-refractivity contribution is 0.248. The SMILES string of the molecule is COc1ccc(Nc2cc(-c3ccccn3)nc(N[C@@H](CO)C(C)C)n2)c(OC)c1. The molecule has 0 unspecified atom stereocenters. The molecule has 8 heteroatoms. The van der Waals surface area contributed by atoms with Crippen molar-refractivity contribution in [2.75, 3.05) is 31.5 Å². The average Bonchev–Trinajstić information content (AvgIpc) is 2.78. The number of aliphatic hydroxyl groups is 1. The fourth-order valence-corrected chi connectivity index (χ4v) is 2.85. The molecule has 0 saturated carbocycles. The first kappa shape index (κ1) is 21.3. The number of benzene rings is 1. The molecule has 1 aromatic carbocycles. The van der Waals surface area contributed by atoms with E-state index in [1.807, 2.05) is 50.2 Å². The van der Waals surface area contributed by atoms with E-state index in [2.05, 4.69) is 25.6 Å². The standard InChI is InChI=1S/C22H27N5O3/c1-14(2)19(13-28)26-22-25-18(16-7-5-6-10-23-16)12-21(27-22)24-17-9-8-15(29-3)11-20(17)30-4/h5-12,14,19,28H,13H2,1-4H3,(H2,24,25,26,27)/t19-/m0/s1. The van der Waals surface area contributed by atoms with Crippen LogP contribution in [0.3, 0.4) is 0 Å². The molecule has 0 bridgehead atoms. The van der Waals surface area contributed by atoms with E-state index in [0.717, 1.165) is 11.4 Å². The van der Waals surface area contributed by atoms with Crippen LogP contribution in [0.2, 0.25) is 0 Å². The summed E-state index contributed by atoms with van der Waals surface area (Å²) in [5, 5.41) is 16.2. The van der Waals surface area contributed by atoms with Gasteiger partial charge in [0.2, 0.25) is 5.95 Å². The van der Waals surface area contributed by atoms with Gasteiger partial charge in [-0.2, -0.15) is 4.98 Å². The summed E-state index contributed by atoms with van der Waals surface area (Å²) in [5.74, 6) is 2.49. The molecule has 0 spiro atoms. The van der Waals surface area contributed by atoms with Crippen molar-refractivity contribution in [2.24, 2.45) is 5.92 Å². The Hall–Kier alpha value is -3.39. The number of hydrogen-bond donors (Lipinski definition) is 3. The van der Waals surface area contributed by atoms with E-state index in [0.29, 0.717) is 29.0 Å². The highest BCUT2D eigenvalue weighted by Gasteiger charge is 2.16. The predicted molar refractivity (Wildman–Crippen MR) is 117 cm³/mol. The Morgan fingerprint density at radius 2 is 1.83 bits per heavy atom. The minimum absolute atomic E-state index is 0.0239. The second-order valence-electron chi connectivity index (χ2n) is 7.05. The molecule has 158 valence electrons. The minimum Gasteiger partial charge on any atom is -0.497 e. The minimum atomic E-state index is -0.174. The molecule has 3 N–H and O–H groups in total. The van der Waals surface area contributed by atoms with E-state index in [1.54, 1.807) is 26.5 Å². The maximum Gasteiger partial charge on any atom is 0.225 e. The Kier molecular flexibility index (Phi) is 7.03. The highest BCUT2D eigenvalue weighted by atomic mass is 16.5. The van der Waals surface area contributed by atoms with Gasteiger partial charge in [-0.1, -0.05) is 19.9 Å². The monoisotopic (exact) mass is 409 g/mol. The lowest BCUT2D eigenvalue weighted by Crippen LogP contribution is -2.30. The Balaban J connectivity index is 2.00. The van der Waals surface area contributed by atoms with Crippen molar-refractivity contribution in [3.05, 3.63) is 48.7 Å². The van der Waals surface area contributed by atoms with Gasteiger partial charge in [0.15, 0.2) is 0 Å². The molecule has 0 saturated heterocycles. The van der Waals surface area contributed by atoms with Crippen LogP contribution in [-0.4, -0.2) is 46.9 Å². The van der Waals surface area contributed by atoms with Crippen LogP contribution in [0.15, 0.2) is 48.7 Å². The summed E-state index contributed by atoms with van der Waals surface area (Å²) in [7, 11) is 3.20. The molecule has 0 radical (unpaired) electrons. The van der Waals surface area contributed by atoms with Gasteiger partial charge in [-0.25, -0.2) is 4.98 Å². The van der Waals surface area contributed by atoms with Crippen molar-refractivity contribution in [1.82, 2.24) is 15.0 Å². The highest BCUT2D eigenvalue weighted by Crippen LogP contribution is 2.32. The third kappa shape index (κ3) is 5.15. The molecule has 30 heavy (non-hydrogen) atoms. The van der Waals surface area contributed by atoms with Crippen molar-refractivity contribution in [2.45, 2.75) is 19.9 Å². The zero-order chi connectivity index (χ0) is 21.5. The van der Waals surface area contributed by atoms with Crippen LogP contribution < -0.4 is 20.1 Å². The fraction of sp³-hybridized carbons (Fsp3) is 0.318. The van der Waals surface area contributed by atoms with E-state index in [4.69, 9.17) is 9.47 Å². The summed E-state index contributed by atoms with van der Waals surface area (Å²) in [5.41, 5.74) is 2.11. The lowest BCUT2D eigenvalue weighted by atomic mass is 10.1. The molecule has 0 aliphatic carbocycles. The summed E-state index contributed by atoms with van der Waals surface area (Å²) in [4.78, 5) is 13.6. The van der Waals surface area contributed by atoms with Crippen molar-refractivity contribution in [3.8, 4) is 22.9 Å². The van der Waals surface area contributed by atoms with Gasteiger partial charge < -0.3 is 25.2 Å². The van der Waals surface area contributed by atoms with Gasteiger partial charge in [-0.3, -0.25) is 4.98 Å². The third-order valence-corrected chi connectivity index (χ3v) is 4.64. The van der Waals surface area contributed by atoms with Crippen LogP contribution >= 0.6 is 0 Å². The van der Waals surface area contributed by atoms with E-state index in [-0.39, 0.29) is 18.6 Å². The summed E-state index contributed by atoms with van der Waals surface area (Å²) in [6.07, 6.45) is 1.72. The molecule has 2 heterocycles. The summed E-state index contributed by atoms with van der Waals surface area (Å²) in [6.45, 7) is 4.03. The van der Waals surface area contributed by atoms with Gasteiger partial charge in [0.1, 0.15) is 17.3 Å². The van der Waals surface area contributed by atoms with Gasteiger partial charge in [-0.15, -0.1) is 0 Å². The van der Waals surface area contributed by atoms with Crippen LogP contribution in [0, 0.1) is 5.92 Å². The van der Waals surface area contributed by atoms with E-state index < -0.39 is 0 Å². The quantitative estimate of drug-likeness (QED) is 0.491. The zero-order valence-electron chi connectivity index (χ0n) is 17.6. The Bertz CT molecular complexity index is 966. The molecular formula is C22H27N5O3. The maximum atomic E-state index is 9.69. The van der Waals surface area contributed by atoms with E-state index in [1.165, 1.54) is 0 Å². The molecule has 0 amide bonds. The van der Waals surface area contributed by atoms with Crippen molar-refractivity contribution < 1.29 is 14.6 Å². The number of rotatable bonds is 9. The molecule has 0 fully saturated rings. The number of nitrogens with one attached hydrogen (secondary N) is 2. The van der Waals surface area contributed by atoms with Gasteiger partial charge in [0.25, 0.3) is 0 Å². The number of methoxy groups -OCH3 is 2. The largest absolute Gasteiger partial charge is 0.497 e. The van der Waals surface area contributed by atoms with Crippen molar-refractivity contribution >= 4 is 17.5 Å². The molecule has 3 aromatic rings. The van der Waals surface area contributed by atoms with Crippen molar-refractivity contribution in [3.63, 3.8) is 0 Å². The van der Waals surface area contributed by atoms with Crippen LogP contribution in [0.1, 0.15) is 13.8 Å². The zero-order valence-corrected chi connectivity index (χ0v) is 17.6. The first-order valence-corrected chi connectivity index (χ1v) is 9.71. The van der Waals surface area contributed by atoms with Gasteiger partial charge in [-0.05, 0) is 30.2 Å². The summed E-state index contributed by atoms with van der Waals surface area (Å²) in [6, 6.07) is 12.8. The Morgan fingerprint density at radius 1 is 1.00 bits per heavy atom. The molecule has 3 rings (SSSR count). The average molecular weight is 409 g/mol. The molecule has 0 aliphatic heterocycles. The lowest BCUT2D eigenvalue weighted by Gasteiger charge is -2.21. The third-order valence-electron chi connectivity index (χ3n) is 4.64. The topological polar surface area (TPSA) is 101 Å². The van der Waals surface area contributed by atoms with Crippen LogP contribution in [0.4, 0.5) is 17.5 Å². The number of anilines is 3. The second-order valence-corrected chi connectivity index (χ2v) is 7.05. The second kappa shape index (κ2) is 9.89. The van der Waals surface area contributed by atoms with E-state index in [9.17, 15) is 5.11 Å².